The minimum absolute atomic E-state index is 0.0262. The molecule has 2 atom stereocenters. The van der Waals surface area contributed by atoms with Crippen LogP contribution in [0.5, 0.6) is 0 Å². The summed E-state index contributed by atoms with van der Waals surface area (Å²) in [7, 11) is 0. The van der Waals surface area contributed by atoms with Crippen molar-refractivity contribution in [2.75, 3.05) is 0 Å². The molecule has 1 radical (unpaired) electrons. The highest BCUT2D eigenvalue weighted by Crippen LogP contribution is 2.26. The van der Waals surface area contributed by atoms with E-state index in [1.54, 1.807) is 0 Å². The predicted molar refractivity (Wildman–Crippen MR) is 49.5 cm³/mol. The summed E-state index contributed by atoms with van der Waals surface area (Å²) in [5.74, 6) is 0.395. The first-order valence-corrected chi connectivity index (χ1v) is 4.39. The van der Waals surface area contributed by atoms with Crippen molar-refractivity contribution in [3.05, 3.63) is 0 Å². The van der Waals surface area contributed by atoms with Gasteiger partial charge in [0, 0.05) is 0 Å². The summed E-state index contributed by atoms with van der Waals surface area (Å²) >= 11 is 0. The van der Waals surface area contributed by atoms with Gasteiger partial charge in [-0.15, -0.1) is 0 Å². The third-order valence-corrected chi connectivity index (χ3v) is 1.97. The maximum Gasteiger partial charge on any atom is 0.417 e. The zero-order chi connectivity index (χ0) is 9.78. The standard InChI is InChI=1S/C10H19O2/c1-8(6-10(3,4)5)9(2)12-7-11/h8-9H,6H2,1-5H3. The van der Waals surface area contributed by atoms with E-state index in [-0.39, 0.29) is 6.10 Å². The molecule has 0 aliphatic carbocycles. The summed E-state index contributed by atoms with van der Waals surface area (Å²) in [6.45, 7) is 12.0. The fraction of sp³-hybridized carbons (Fsp3) is 0.900. The Morgan fingerprint density at radius 1 is 1.33 bits per heavy atom. The van der Waals surface area contributed by atoms with Gasteiger partial charge in [0.25, 0.3) is 0 Å². The fourth-order valence-corrected chi connectivity index (χ4v) is 1.32. The topological polar surface area (TPSA) is 26.3 Å². The van der Waals surface area contributed by atoms with Crippen LogP contribution in [0.4, 0.5) is 0 Å². The van der Waals surface area contributed by atoms with Gasteiger partial charge in [0.05, 0.1) is 0 Å². The van der Waals surface area contributed by atoms with Crippen molar-refractivity contribution in [1.82, 2.24) is 0 Å². The van der Waals surface area contributed by atoms with E-state index < -0.39 is 0 Å². The van der Waals surface area contributed by atoms with Gasteiger partial charge >= 0.3 is 6.47 Å². The lowest BCUT2D eigenvalue weighted by Gasteiger charge is -2.26. The molecule has 0 saturated heterocycles. The number of carbonyl (C=O) groups excluding carboxylic acids is 1. The Kier molecular flexibility index (Phi) is 4.29. The maximum atomic E-state index is 9.94. The van der Waals surface area contributed by atoms with Crippen LogP contribution < -0.4 is 0 Å². The molecule has 0 rings (SSSR count). The summed E-state index contributed by atoms with van der Waals surface area (Å²) < 4.78 is 4.74. The van der Waals surface area contributed by atoms with Crippen LogP contribution in [0, 0.1) is 11.3 Å². The van der Waals surface area contributed by atoms with E-state index in [0.717, 1.165) is 6.42 Å². The molecule has 12 heavy (non-hydrogen) atoms. The normalized spacial score (nSPS) is 16.8. The second-order valence-corrected chi connectivity index (χ2v) is 4.65. The molecule has 0 heterocycles. The van der Waals surface area contributed by atoms with Gasteiger partial charge in [-0.25, -0.2) is 4.79 Å². The SMILES string of the molecule is CC(CC(C)(C)C)C(C)O[C]=O. The Morgan fingerprint density at radius 2 is 1.83 bits per heavy atom. The molecule has 0 aromatic rings. The van der Waals surface area contributed by atoms with E-state index in [9.17, 15) is 4.79 Å². The van der Waals surface area contributed by atoms with Crippen molar-refractivity contribution in [2.24, 2.45) is 11.3 Å². The second-order valence-electron chi connectivity index (χ2n) is 4.65. The zero-order valence-corrected chi connectivity index (χ0v) is 8.68. The molecule has 0 amide bonds. The van der Waals surface area contributed by atoms with Crippen molar-refractivity contribution < 1.29 is 9.53 Å². The average Bonchev–Trinajstić information content (AvgIpc) is 1.84. The summed E-state index contributed by atoms with van der Waals surface area (Å²) in [5.41, 5.74) is 0.292. The molecule has 0 aromatic carbocycles. The Bertz CT molecular complexity index is 135. The minimum Gasteiger partial charge on any atom is -0.454 e. The van der Waals surface area contributed by atoms with Crippen LogP contribution in [0.15, 0.2) is 0 Å². The smallest absolute Gasteiger partial charge is 0.417 e. The molecule has 2 heteroatoms. The van der Waals surface area contributed by atoms with Crippen LogP contribution in [-0.4, -0.2) is 12.6 Å². The molecular weight excluding hydrogens is 152 g/mol. The zero-order valence-electron chi connectivity index (χ0n) is 8.68. The molecule has 0 fully saturated rings. The average molecular weight is 171 g/mol. The lowest BCUT2D eigenvalue weighted by Crippen LogP contribution is -2.22. The van der Waals surface area contributed by atoms with Crippen molar-refractivity contribution in [3.8, 4) is 0 Å². The van der Waals surface area contributed by atoms with Crippen molar-refractivity contribution in [1.29, 1.82) is 0 Å². The van der Waals surface area contributed by atoms with Crippen molar-refractivity contribution in [3.63, 3.8) is 0 Å². The lowest BCUT2D eigenvalue weighted by molar-refractivity contribution is 0.112. The van der Waals surface area contributed by atoms with Gasteiger partial charge in [0.1, 0.15) is 6.10 Å². The third-order valence-electron chi connectivity index (χ3n) is 1.97. The first kappa shape index (κ1) is 11.5. The third kappa shape index (κ3) is 5.16. The molecule has 2 unspecified atom stereocenters. The number of hydrogen-bond acceptors (Lipinski definition) is 2. The van der Waals surface area contributed by atoms with E-state index >= 15 is 0 Å². The predicted octanol–water partition coefficient (Wildman–Crippen LogP) is 2.53. The highest BCUT2D eigenvalue weighted by Gasteiger charge is 2.20. The fourth-order valence-electron chi connectivity index (χ4n) is 1.32. The van der Waals surface area contributed by atoms with Gasteiger partial charge < -0.3 is 4.74 Å². The van der Waals surface area contributed by atoms with Crippen LogP contribution in [0.2, 0.25) is 0 Å². The molecule has 71 valence electrons. The van der Waals surface area contributed by atoms with Crippen LogP contribution >= 0.6 is 0 Å². The van der Waals surface area contributed by atoms with E-state index in [0.29, 0.717) is 11.3 Å². The van der Waals surface area contributed by atoms with Gasteiger partial charge in [-0.2, -0.15) is 0 Å². The van der Waals surface area contributed by atoms with Crippen LogP contribution in [0.3, 0.4) is 0 Å². The molecule has 0 N–H and O–H groups in total. The highest BCUT2D eigenvalue weighted by molar-refractivity contribution is 5.38. The summed E-state index contributed by atoms with van der Waals surface area (Å²) in [5, 5.41) is 0. The van der Waals surface area contributed by atoms with E-state index in [1.165, 1.54) is 6.47 Å². The summed E-state index contributed by atoms with van der Waals surface area (Å²) in [6, 6.07) is 0. The molecule has 0 aromatic heterocycles. The van der Waals surface area contributed by atoms with E-state index in [2.05, 4.69) is 27.7 Å². The first-order chi connectivity index (χ1) is 5.37. The molecule has 0 aliphatic rings. The first-order valence-electron chi connectivity index (χ1n) is 4.39. The van der Waals surface area contributed by atoms with Gasteiger partial charge in [-0.05, 0) is 24.7 Å². The monoisotopic (exact) mass is 171 g/mol. The number of rotatable bonds is 4. The summed E-state index contributed by atoms with van der Waals surface area (Å²) in [4.78, 5) is 9.94. The van der Waals surface area contributed by atoms with Crippen molar-refractivity contribution in [2.45, 2.75) is 47.1 Å². The number of hydrogen-bond donors (Lipinski definition) is 0. The Labute approximate surface area is 75.3 Å². The van der Waals surface area contributed by atoms with Gasteiger partial charge in [-0.1, -0.05) is 27.7 Å². The number of ether oxygens (including phenoxy) is 1. The molecule has 0 saturated carbocycles. The second kappa shape index (κ2) is 4.48. The van der Waals surface area contributed by atoms with Gasteiger partial charge in [0.2, 0.25) is 0 Å². The Hall–Kier alpha value is -0.530. The molecular formula is C10H19O2. The van der Waals surface area contributed by atoms with E-state index in [4.69, 9.17) is 4.74 Å². The highest BCUT2D eigenvalue weighted by atomic mass is 16.5. The molecule has 0 spiro atoms. The van der Waals surface area contributed by atoms with Crippen LogP contribution in [-0.2, 0) is 9.53 Å². The van der Waals surface area contributed by atoms with Crippen LogP contribution in [0.25, 0.3) is 0 Å². The molecule has 0 aliphatic heterocycles. The Morgan fingerprint density at radius 3 is 2.17 bits per heavy atom. The summed E-state index contributed by atoms with van der Waals surface area (Å²) in [6.07, 6.45) is 1.03. The molecule has 0 bridgehead atoms. The van der Waals surface area contributed by atoms with Crippen LogP contribution in [0.1, 0.15) is 41.0 Å². The van der Waals surface area contributed by atoms with Gasteiger partial charge in [0.15, 0.2) is 0 Å². The minimum atomic E-state index is -0.0262. The quantitative estimate of drug-likeness (QED) is 0.649. The lowest BCUT2D eigenvalue weighted by atomic mass is 9.83. The van der Waals surface area contributed by atoms with E-state index in [1.807, 2.05) is 6.92 Å². The maximum absolute atomic E-state index is 9.94. The largest absolute Gasteiger partial charge is 0.454 e. The Balaban J connectivity index is 3.86. The molecule has 2 nitrogen and oxygen atoms in total. The van der Waals surface area contributed by atoms with Gasteiger partial charge in [-0.3, -0.25) is 0 Å². The van der Waals surface area contributed by atoms with Crippen molar-refractivity contribution >= 4 is 6.47 Å².